The van der Waals surface area contributed by atoms with E-state index in [-0.39, 0.29) is 0 Å². The van der Waals surface area contributed by atoms with E-state index in [1.807, 2.05) is 26.0 Å². The molecule has 0 bridgehead atoms. The van der Waals surface area contributed by atoms with E-state index in [2.05, 4.69) is 41.0 Å². The summed E-state index contributed by atoms with van der Waals surface area (Å²) in [6, 6.07) is 1.97. The minimum absolute atomic E-state index is 0.591. The van der Waals surface area contributed by atoms with E-state index in [4.69, 9.17) is 0 Å². The number of fused-ring (bicyclic) bond motifs is 1. The van der Waals surface area contributed by atoms with Crippen molar-refractivity contribution >= 4 is 33.9 Å². The lowest BCUT2D eigenvalue weighted by Crippen LogP contribution is -1.97. The predicted octanol–water partition coefficient (Wildman–Crippen LogP) is 2.46. The van der Waals surface area contributed by atoms with Crippen molar-refractivity contribution in [3.63, 3.8) is 0 Å². The fourth-order valence-corrected chi connectivity index (χ4v) is 2.17. The van der Waals surface area contributed by atoms with Gasteiger partial charge in [0.2, 0.25) is 0 Å². The number of hydrogen-bond acceptors (Lipinski definition) is 5. The number of hydrogen-bond donors (Lipinski definition) is 0. The highest BCUT2D eigenvalue weighted by atomic mass is 79.9. The average molecular weight is 331 g/mol. The summed E-state index contributed by atoms with van der Waals surface area (Å²) in [4.78, 5) is 17.0. The van der Waals surface area contributed by atoms with Crippen molar-refractivity contribution in [1.82, 2.24) is 29.5 Å². The smallest absolute Gasteiger partial charge is 0.253 e. The molecule has 6 nitrogen and oxygen atoms in total. The fraction of sp³-hybridized carbons (Fsp3) is 0.154. The van der Waals surface area contributed by atoms with Crippen LogP contribution in [-0.2, 0) is 0 Å². The molecular formula is C13H11BrN6. The Morgan fingerprint density at radius 3 is 2.75 bits per heavy atom. The number of aryl methyl sites for hydroxylation is 2. The van der Waals surface area contributed by atoms with Gasteiger partial charge in [0.15, 0.2) is 5.82 Å². The van der Waals surface area contributed by atoms with Gasteiger partial charge >= 0.3 is 0 Å². The summed E-state index contributed by atoms with van der Waals surface area (Å²) < 4.78 is 2.41. The van der Waals surface area contributed by atoms with Gasteiger partial charge in [-0.2, -0.15) is 4.98 Å². The van der Waals surface area contributed by atoms with Crippen LogP contribution >= 0.6 is 15.9 Å². The van der Waals surface area contributed by atoms with Crippen LogP contribution in [0.5, 0.6) is 0 Å². The number of aromatic nitrogens is 6. The van der Waals surface area contributed by atoms with Crippen molar-refractivity contribution in [2.24, 2.45) is 0 Å². The molecule has 20 heavy (non-hydrogen) atoms. The maximum absolute atomic E-state index is 4.39. The van der Waals surface area contributed by atoms with E-state index in [0.717, 1.165) is 17.1 Å². The lowest BCUT2D eigenvalue weighted by Gasteiger charge is -1.97. The largest absolute Gasteiger partial charge is 0.260 e. The van der Waals surface area contributed by atoms with E-state index in [1.54, 1.807) is 23.0 Å². The Morgan fingerprint density at radius 1 is 1.10 bits per heavy atom. The van der Waals surface area contributed by atoms with Crippen molar-refractivity contribution in [3.8, 4) is 0 Å². The van der Waals surface area contributed by atoms with E-state index in [9.17, 15) is 0 Å². The molecule has 0 aromatic carbocycles. The van der Waals surface area contributed by atoms with E-state index >= 15 is 0 Å². The van der Waals surface area contributed by atoms with Crippen LogP contribution in [0.25, 0.3) is 17.9 Å². The maximum Gasteiger partial charge on any atom is 0.253 e. The van der Waals surface area contributed by atoms with Crippen molar-refractivity contribution in [2.45, 2.75) is 13.8 Å². The second-order valence-electron chi connectivity index (χ2n) is 4.32. The first-order valence-electron chi connectivity index (χ1n) is 5.98. The van der Waals surface area contributed by atoms with Gasteiger partial charge in [-0.3, -0.25) is 4.98 Å². The molecule has 0 aliphatic carbocycles. The highest BCUT2D eigenvalue weighted by Gasteiger charge is 2.05. The van der Waals surface area contributed by atoms with Crippen LogP contribution in [0.2, 0.25) is 0 Å². The van der Waals surface area contributed by atoms with Crippen LogP contribution in [0.1, 0.15) is 22.9 Å². The maximum atomic E-state index is 4.39. The van der Waals surface area contributed by atoms with Crippen LogP contribution in [0, 0.1) is 13.8 Å². The van der Waals surface area contributed by atoms with Crippen LogP contribution in [0.4, 0.5) is 0 Å². The molecule has 0 aliphatic rings. The monoisotopic (exact) mass is 330 g/mol. The lowest BCUT2D eigenvalue weighted by molar-refractivity contribution is 0.881. The summed E-state index contributed by atoms with van der Waals surface area (Å²) in [6.07, 6.45) is 6.91. The first-order valence-corrected chi connectivity index (χ1v) is 6.78. The summed E-state index contributed by atoms with van der Waals surface area (Å²) in [5.41, 5.74) is 2.66. The number of rotatable bonds is 2. The third kappa shape index (κ3) is 2.57. The molecule has 0 N–H and O–H groups in total. The molecule has 3 aromatic rings. The summed E-state index contributed by atoms with van der Waals surface area (Å²) in [5, 5.41) is 4.39. The molecule has 0 radical (unpaired) electrons. The van der Waals surface area contributed by atoms with Gasteiger partial charge in [-0.05, 0) is 48.0 Å². The van der Waals surface area contributed by atoms with Crippen LogP contribution in [0.3, 0.4) is 0 Å². The van der Waals surface area contributed by atoms with E-state index < -0.39 is 0 Å². The molecule has 7 heteroatoms. The first kappa shape index (κ1) is 12.9. The second kappa shape index (κ2) is 5.09. The third-order valence-corrected chi connectivity index (χ3v) is 3.04. The lowest BCUT2D eigenvalue weighted by atomic mass is 10.4. The van der Waals surface area contributed by atoms with Crippen molar-refractivity contribution in [1.29, 1.82) is 0 Å². The summed E-state index contributed by atoms with van der Waals surface area (Å²) >= 11 is 3.28. The molecule has 0 amide bonds. The van der Waals surface area contributed by atoms with Gasteiger partial charge in [0, 0.05) is 11.4 Å². The molecule has 100 valence electrons. The first-order chi connectivity index (χ1) is 9.61. The fourth-order valence-electron chi connectivity index (χ4n) is 1.85. The standard InChI is InChI=1S/C13H11BrN6/c1-8-5-9(2)20-13(16-8)18-12(19-20)4-3-10-6-15-7-11(14)17-10/h3-7H,1-2H3/b4-3+. The molecule has 0 saturated heterocycles. The Bertz CT molecular complexity index is 808. The molecule has 0 saturated carbocycles. The Kier molecular flexibility index (Phi) is 3.27. The minimum atomic E-state index is 0.591. The van der Waals surface area contributed by atoms with Crippen molar-refractivity contribution < 1.29 is 0 Å². The Hall–Kier alpha value is -2.15. The number of nitrogens with zero attached hydrogens (tertiary/aromatic N) is 6. The van der Waals surface area contributed by atoms with Crippen molar-refractivity contribution in [3.05, 3.63) is 46.0 Å². The van der Waals surface area contributed by atoms with Gasteiger partial charge in [-0.15, -0.1) is 5.10 Å². The zero-order valence-electron chi connectivity index (χ0n) is 10.9. The average Bonchev–Trinajstić information content (AvgIpc) is 2.80. The summed E-state index contributed by atoms with van der Waals surface area (Å²) in [5.74, 6) is 1.19. The molecule has 0 aliphatic heterocycles. The predicted molar refractivity (Wildman–Crippen MR) is 78.9 cm³/mol. The highest BCUT2D eigenvalue weighted by Crippen LogP contribution is 2.09. The van der Waals surface area contributed by atoms with Crippen molar-refractivity contribution in [2.75, 3.05) is 0 Å². The quantitative estimate of drug-likeness (QED) is 0.721. The van der Waals surface area contributed by atoms with Gasteiger partial charge in [-0.25, -0.2) is 14.5 Å². The molecule has 3 heterocycles. The Morgan fingerprint density at radius 2 is 1.95 bits per heavy atom. The third-order valence-electron chi connectivity index (χ3n) is 2.66. The molecule has 3 rings (SSSR count). The molecule has 0 spiro atoms. The SMILES string of the molecule is Cc1cc(C)n2nc(/C=C/c3cncc(Br)n3)nc2n1. The van der Waals surface area contributed by atoms with Gasteiger partial charge in [0.25, 0.3) is 5.78 Å². The zero-order valence-corrected chi connectivity index (χ0v) is 12.5. The zero-order chi connectivity index (χ0) is 14.1. The highest BCUT2D eigenvalue weighted by molar-refractivity contribution is 9.10. The normalized spacial score (nSPS) is 11.6. The van der Waals surface area contributed by atoms with E-state index in [0.29, 0.717) is 16.2 Å². The molecule has 0 unspecified atom stereocenters. The number of halogens is 1. The van der Waals surface area contributed by atoms with Gasteiger partial charge in [0.05, 0.1) is 18.1 Å². The minimum Gasteiger partial charge on any atom is -0.260 e. The summed E-state index contributed by atoms with van der Waals surface area (Å²) in [6.45, 7) is 3.91. The molecule has 3 aromatic heterocycles. The van der Waals surface area contributed by atoms with Gasteiger partial charge < -0.3 is 0 Å². The second-order valence-corrected chi connectivity index (χ2v) is 5.13. The Labute approximate surface area is 123 Å². The molecule has 0 atom stereocenters. The molecule has 0 fully saturated rings. The van der Waals surface area contributed by atoms with Gasteiger partial charge in [0.1, 0.15) is 4.60 Å². The van der Waals surface area contributed by atoms with Crippen LogP contribution < -0.4 is 0 Å². The topological polar surface area (TPSA) is 68.9 Å². The van der Waals surface area contributed by atoms with Gasteiger partial charge in [-0.1, -0.05) is 0 Å². The van der Waals surface area contributed by atoms with E-state index in [1.165, 1.54) is 0 Å². The summed E-state index contributed by atoms with van der Waals surface area (Å²) in [7, 11) is 0. The Balaban J connectivity index is 1.97. The van der Waals surface area contributed by atoms with Crippen LogP contribution in [-0.4, -0.2) is 29.5 Å². The molecular weight excluding hydrogens is 320 g/mol. The van der Waals surface area contributed by atoms with Crippen LogP contribution in [0.15, 0.2) is 23.1 Å².